The van der Waals surface area contributed by atoms with Crippen LogP contribution >= 0.6 is 0 Å². The fourth-order valence-corrected chi connectivity index (χ4v) is 3.19. The molecule has 2 fully saturated rings. The molecule has 2 atom stereocenters. The number of carbonyl (C=O) groups is 1. The Kier molecular flexibility index (Phi) is 3.63. The van der Waals surface area contributed by atoms with E-state index in [-0.39, 0.29) is 5.97 Å². The molecule has 108 valence electrons. The smallest absolute Gasteiger partial charge is 0.341 e. The SMILES string of the molecule is COC(=O)c1ccc(CN2C[C@@H]3C[C@H]2CN3)cc1OC. The zero-order valence-corrected chi connectivity index (χ0v) is 11.9. The Labute approximate surface area is 118 Å². The summed E-state index contributed by atoms with van der Waals surface area (Å²) >= 11 is 0. The molecule has 0 saturated carbocycles. The first-order valence-electron chi connectivity index (χ1n) is 6.94. The highest BCUT2D eigenvalue weighted by atomic mass is 16.5. The molecule has 2 aliphatic heterocycles. The number of carbonyl (C=O) groups excluding carboxylic acids is 1. The van der Waals surface area contributed by atoms with E-state index in [1.54, 1.807) is 13.2 Å². The fraction of sp³-hybridized carbons (Fsp3) is 0.533. The molecule has 0 aromatic heterocycles. The van der Waals surface area contributed by atoms with E-state index < -0.39 is 0 Å². The molecule has 5 nitrogen and oxygen atoms in total. The van der Waals surface area contributed by atoms with Gasteiger partial charge in [-0.3, -0.25) is 4.90 Å². The predicted molar refractivity (Wildman–Crippen MR) is 74.9 cm³/mol. The first-order chi connectivity index (χ1) is 9.71. The van der Waals surface area contributed by atoms with Gasteiger partial charge in [0.15, 0.2) is 0 Å². The third-order valence-electron chi connectivity index (χ3n) is 4.23. The molecule has 2 saturated heterocycles. The number of ether oxygens (including phenoxy) is 2. The van der Waals surface area contributed by atoms with Crippen LogP contribution in [0.15, 0.2) is 18.2 Å². The van der Waals surface area contributed by atoms with Gasteiger partial charge in [0.2, 0.25) is 0 Å². The summed E-state index contributed by atoms with van der Waals surface area (Å²) in [6, 6.07) is 6.99. The van der Waals surface area contributed by atoms with E-state index in [4.69, 9.17) is 9.47 Å². The normalized spacial score (nSPS) is 24.9. The minimum absolute atomic E-state index is 0.363. The van der Waals surface area contributed by atoms with Gasteiger partial charge in [-0.05, 0) is 24.1 Å². The lowest BCUT2D eigenvalue weighted by Crippen LogP contribution is -2.42. The van der Waals surface area contributed by atoms with Crippen LogP contribution in [-0.4, -0.2) is 50.3 Å². The summed E-state index contributed by atoms with van der Waals surface area (Å²) < 4.78 is 10.1. The lowest BCUT2D eigenvalue weighted by Gasteiger charge is -2.27. The quantitative estimate of drug-likeness (QED) is 0.832. The second-order valence-corrected chi connectivity index (χ2v) is 5.45. The summed E-state index contributed by atoms with van der Waals surface area (Å²) in [5.74, 6) is 0.217. The lowest BCUT2D eigenvalue weighted by atomic mass is 10.1. The molecule has 2 heterocycles. The van der Waals surface area contributed by atoms with Crippen molar-refractivity contribution in [3.05, 3.63) is 29.3 Å². The average molecular weight is 276 g/mol. The first-order valence-corrected chi connectivity index (χ1v) is 6.94. The second kappa shape index (κ2) is 5.42. The molecule has 0 amide bonds. The molecule has 2 aliphatic rings. The highest BCUT2D eigenvalue weighted by molar-refractivity contribution is 5.92. The number of hydrogen-bond acceptors (Lipinski definition) is 5. The highest BCUT2D eigenvalue weighted by Gasteiger charge is 2.37. The fourth-order valence-electron chi connectivity index (χ4n) is 3.19. The lowest BCUT2D eigenvalue weighted by molar-refractivity contribution is 0.0597. The van der Waals surface area contributed by atoms with Gasteiger partial charge in [0, 0.05) is 31.7 Å². The summed E-state index contributed by atoms with van der Waals surface area (Å²) in [6.45, 7) is 3.09. The number of rotatable bonds is 4. The van der Waals surface area contributed by atoms with Crippen molar-refractivity contribution >= 4 is 5.97 Å². The van der Waals surface area contributed by atoms with Gasteiger partial charge < -0.3 is 14.8 Å². The predicted octanol–water partition coefficient (Wildman–Crippen LogP) is 1.03. The van der Waals surface area contributed by atoms with E-state index >= 15 is 0 Å². The number of nitrogens with zero attached hydrogens (tertiary/aromatic N) is 1. The van der Waals surface area contributed by atoms with Crippen molar-refractivity contribution in [1.29, 1.82) is 0 Å². The molecule has 0 radical (unpaired) electrons. The van der Waals surface area contributed by atoms with Gasteiger partial charge in [-0.1, -0.05) is 6.07 Å². The molecule has 0 aliphatic carbocycles. The van der Waals surface area contributed by atoms with Crippen molar-refractivity contribution < 1.29 is 14.3 Å². The molecule has 5 heteroatoms. The van der Waals surface area contributed by atoms with Crippen LogP contribution in [0, 0.1) is 0 Å². The van der Waals surface area contributed by atoms with Gasteiger partial charge in [0.25, 0.3) is 0 Å². The van der Waals surface area contributed by atoms with Crippen LogP contribution in [0.5, 0.6) is 5.75 Å². The van der Waals surface area contributed by atoms with Gasteiger partial charge in [-0.15, -0.1) is 0 Å². The van der Waals surface area contributed by atoms with Gasteiger partial charge in [-0.2, -0.15) is 0 Å². The van der Waals surface area contributed by atoms with Crippen molar-refractivity contribution in [2.75, 3.05) is 27.3 Å². The average Bonchev–Trinajstić information content (AvgIpc) is 3.09. The molecular formula is C15H20N2O3. The molecule has 2 bridgehead atoms. The molecule has 20 heavy (non-hydrogen) atoms. The third kappa shape index (κ3) is 2.39. The zero-order valence-electron chi connectivity index (χ0n) is 11.9. The molecule has 1 aromatic carbocycles. The van der Waals surface area contributed by atoms with Gasteiger partial charge in [0.05, 0.1) is 14.2 Å². The van der Waals surface area contributed by atoms with Crippen molar-refractivity contribution in [3.8, 4) is 5.75 Å². The number of esters is 1. The Hall–Kier alpha value is -1.59. The molecule has 3 rings (SSSR count). The van der Waals surface area contributed by atoms with Gasteiger partial charge >= 0.3 is 5.97 Å². The Bertz CT molecular complexity index is 518. The van der Waals surface area contributed by atoms with Crippen molar-refractivity contribution in [3.63, 3.8) is 0 Å². The topological polar surface area (TPSA) is 50.8 Å². The Balaban J connectivity index is 1.76. The van der Waals surface area contributed by atoms with Gasteiger partial charge in [0.1, 0.15) is 11.3 Å². The summed E-state index contributed by atoms with van der Waals surface area (Å²) in [4.78, 5) is 14.1. The van der Waals surface area contributed by atoms with Crippen LogP contribution in [0.3, 0.4) is 0 Å². The summed E-state index contributed by atoms with van der Waals surface area (Å²) in [6.07, 6.45) is 1.25. The molecule has 1 N–H and O–H groups in total. The number of methoxy groups -OCH3 is 2. The van der Waals surface area contributed by atoms with Crippen molar-refractivity contribution in [2.45, 2.75) is 25.0 Å². The van der Waals surface area contributed by atoms with Crippen LogP contribution in [0.4, 0.5) is 0 Å². The van der Waals surface area contributed by atoms with Crippen LogP contribution < -0.4 is 10.1 Å². The number of piperazine rings is 1. The van der Waals surface area contributed by atoms with Crippen LogP contribution in [0.1, 0.15) is 22.3 Å². The van der Waals surface area contributed by atoms with E-state index in [9.17, 15) is 4.79 Å². The number of fused-ring (bicyclic) bond motifs is 2. The second-order valence-electron chi connectivity index (χ2n) is 5.45. The Morgan fingerprint density at radius 3 is 2.90 bits per heavy atom. The van der Waals surface area contributed by atoms with Crippen LogP contribution in [-0.2, 0) is 11.3 Å². The summed E-state index contributed by atoms with van der Waals surface area (Å²) in [5, 5.41) is 3.50. The summed E-state index contributed by atoms with van der Waals surface area (Å²) in [5.41, 5.74) is 1.64. The standard InChI is InChI=1S/C15H20N2O3/c1-19-14-5-10(3-4-13(14)15(18)20-2)8-17-9-11-6-12(17)7-16-11/h3-5,11-12,16H,6-9H2,1-2H3/t11-,12-/m0/s1. The van der Waals surface area contributed by atoms with Crippen LogP contribution in [0.2, 0.25) is 0 Å². The zero-order chi connectivity index (χ0) is 14.1. The monoisotopic (exact) mass is 276 g/mol. The molecule has 1 aromatic rings. The largest absolute Gasteiger partial charge is 0.496 e. The third-order valence-corrected chi connectivity index (χ3v) is 4.23. The van der Waals surface area contributed by atoms with Gasteiger partial charge in [-0.25, -0.2) is 4.79 Å². The molecule has 0 spiro atoms. The number of nitrogens with one attached hydrogen (secondary N) is 1. The number of likely N-dealkylation sites (tertiary alicyclic amines) is 1. The maximum Gasteiger partial charge on any atom is 0.341 e. The number of hydrogen-bond donors (Lipinski definition) is 1. The van der Waals surface area contributed by atoms with E-state index in [0.717, 1.165) is 19.6 Å². The van der Waals surface area contributed by atoms with E-state index in [2.05, 4.69) is 10.2 Å². The van der Waals surface area contributed by atoms with Crippen LogP contribution in [0.25, 0.3) is 0 Å². The Morgan fingerprint density at radius 2 is 2.30 bits per heavy atom. The van der Waals surface area contributed by atoms with E-state index in [1.807, 2.05) is 12.1 Å². The maximum atomic E-state index is 11.6. The molecule has 0 unspecified atom stereocenters. The summed E-state index contributed by atoms with van der Waals surface area (Å²) in [7, 11) is 2.96. The number of benzene rings is 1. The van der Waals surface area contributed by atoms with E-state index in [0.29, 0.717) is 23.4 Å². The highest BCUT2D eigenvalue weighted by Crippen LogP contribution is 2.27. The van der Waals surface area contributed by atoms with Crippen molar-refractivity contribution in [1.82, 2.24) is 10.2 Å². The minimum Gasteiger partial charge on any atom is -0.496 e. The maximum absolute atomic E-state index is 11.6. The first kappa shape index (κ1) is 13.4. The minimum atomic E-state index is -0.363. The molecular weight excluding hydrogens is 256 g/mol. The Morgan fingerprint density at radius 1 is 1.45 bits per heavy atom. The van der Waals surface area contributed by atoms with Crippen molar-refractivity contribution in [2.24, 2.45) is 0 Å². The van der Waals surface area contributed by atoms with E-state index in [1.165, 1.54) is 19.1 Å².